The molecule has 1 rings (SSSR count). The molecule has 0 aliphatic heterocycles. The van der Waals surface area contributed by atoms with E-state index in [4.69, 9.17) is 10.3 Å². The molecule has 0 heterocycles. The van der Waals surface area contributed by atoms with Gasteiger partial charge in [-0.25, -0.2) is 0 Å². The third-order valence-corrected chi connectivity index (χ3v) is 4.98. The summed E-state index contributed by atoms with van der Waals surface area (Å²) in [5, 5.41) is 20.4. The molecule has 0 radical (unpaired) electrons. The van der Waals surface area contributed by atoms with Crippen molar-refractivity contribution in [3.63, 3.8) is 0 Å². The number of nitrogens with two attached hydrogens (primary N) is 1. The molecule has 0 fully saturated rings. The minimum absolute atomic E-state index is 0.114. The highest BCUT2D eigenvalue weighted by atomic mass is 32.2. The van der Waals surface area contributed by atoms with Gasteiger partial charge in [0.2, 0.25) is 0 Å². The van der Waals surface area contributed by atoms with Gasteiger partial charge in [-0.05, 0) is 37.1 Å². The molecule has 8 heteroatoms. The number of aliphatic hydroxyl groups is 2. The summed E-state index contributed by atoms with van der Waals surface area (Å²) in [5.74, 6) is -0.758. The zero-order chi connectivity index (χ0) is 16.8. The topological polar surface area (TPSA) is 133 Å². The first-order valence-corrected chi connectivity index (χ1v) is 8.62. The second-order valence-electron chi connectivity index (χ2n) is 5.29. The van der Waals surface area contributed by atoms with E-state index in [1.807, 2.05) is 6.92 Å². The van der Waals surface area contributed by atoms with E-state index >= 15 is 0 Å². The molecule has 0 saturated heterocycles. The first-order chi connectivity index (χ1) is 10.3. The Labute approximate surface area is 130 Å². The third-order valence-electron chi connectivity index (χ3n) is 3.68. The number of hydrogen-bond acceptors (Lipinski definition) is 6. The Bertz CT molecular complexity index is 547. The van der Waals surface area contributed by atoms with Gasteiger partial charge in [0.15, 0.2) is 0 Å². The summed E-state index contributed by atoms with van der Waals surface area (Å²) < 4.78 is 31.7. The van der Waals surface area contributed by atoms with E-state index in [0.717, 1.165) is 5.69 Å². The molecule has 0 bridgehead atoms. The summed E-state index contributed by atoms with van der Waals surface area (Å²) in [6.45, 7) is 0.748. The number of nitrogens with one attached hydrogen (secondary N) is 1. The van der Waals surface area contributed by atoms with Gasteiger partial charge in [-0.1, -0.05) is 6.92 Å². The smallest absolute Gasteiger partial charge is 0.270 e. The summed E-state index contributed by atoms with van der Waals surface area (Å²) in [6, 6.07) is 6.98. The van der Waals surface area contributed by atoms with Crippen LogP contribution < -0.4 is 11.1 Å². The minimum atomic E-state index is -4.41. The average Bonchev–Trinajstić information content (AvgIpc) is 2.46. The van der Waals surface area contributed by atoms with E-state index in [2.05, 4.69) is 5.32 Å². The van der Waals surface area contributed by atoms with Crippen LogP contribution in [-0.2, 0) is 10.1 Å². The first kappa shape index (κ1) is 18.7. The van der Waals surface area contributed by atoms with Crippen LogP contribution in [0.15, 0.2) is 24.3 Å². The van der Waals surface area contributed by atoms with Crippen molar-refractivity contribution >= 4 is 21.5 Å². The van der Waals surface area contributed by atoms with Gasteiger partial charge >= 0.3 is 0 Å². The predicted molar refractivity (Wildman–Crippen MR) is 86.2 cm³/mol. The molecule has 3 unspecified atom stereocenters. The van der Waals surface area contributed by atoms with Crippen molar-refractivity contribution in [2.24, 2.45) is 5.92 Å². The highest BCUT2D eigenvalue weighted by Gasteiger charge is 2.32. The monoisotopic (exact) mass is 332 g/mol. The molecule has 0 aromatic heterocycles. The van der Waals surface area contributed by atoms with Crippen LogP contribution in [0.5, 0.6) is 0 Å². The first-order valence-electron chi connectivity index (χ1n) is 7.11. The molecule has 126 valence electrons. The van der Waals surface area contributed by atoms with E-state index < -0.39 is 34.5 Å². The lowest BCUT2D eigenvalue weighted by Gasteiger charge is -2.27. The standard InChI is InChI=1S/C14H24N2O5S/c1-2-12(16-13-5-3-11(15)4-6-13)7-10(8-17)14(9-18)22(19,20)21/h3-6,10,12,14,16-18H,2,7-9,15H2,1H3,(H,19,20,21). The zero-order valence-corrected chi connectivity index (χ0v) is 13.3. The maximum Gasteiger partial charge on any atom is 0.270 e. The fourth-order valence-electron chi connectivity index (χ4n) is 2.34. The second-order valence-corrected chi connectivity index (χ2v) is 6.92. The Morgan fingerprint density at radius 2 is 1.77 bits per heavy atom. The Hall–Kier alpha value is -1.35. The van der Waals surface area contributed by atoms with Crippen molar-refractivity contribution in [2.75, 3.05) is 24.3 Å². The lowest BCUT2D eigenvalue weighted by molar-refractivity contribution is 0.171. The molecule has 0 aliphatic carbocycles. The van der Waals surface area contributed by atoms with Crippen molar-refractivity contribution in [3.05, 3.63) is 24.3 Å². The van der Waals surface area contributed by atoms with E-state index in [0.29, 0.717) is 18.5 Å². The Morgan fingerprint density at radius 1 is 1.18 bits per heavy atom. The number of aliphatic hydroxyl groups excluding tert-OH is 2. The summed E-state index contributed by atoms with van der Waals surface area (Å²) in [6.07, 6.45) is 0.979. The highest BCUT2D eigenvalue weighted by Crippen LogP contribution is 2.22. The number of rotatable bonds is 9. The fraction of sp³-hybridized carbons (Fsp3) is 0.571. The molecule has 1 aromatic carbocycles. The van der Waals surface area contributed by atoms with Crippen LogP contribution in [0.1, 0.15) is 19.8 Å². The van der Waals surface area contributed by atoms with Gasteiger partial charge in [-0.2, -0.15) is 8.42 Å². The van der Waals surface area contributed by atoms with Crippen molar-refractivity contribution < 1.29 is 23.2 Å². The number of nitrogen functional groups attached to an aromatic ring is 1. The van der Waals surface area contributed by atoms with Gasteiger partial charge in [-0.3, -0.25) is 4.55 Å². The molecule has 3 atom stereocenters. The number of benzene rings is 1. The van der Waals surface area contributed by atoms with Crippen molar-refractivity contribution in [1.82, 2.24) is 0 Å². The van der Waals surface area contributed by atoms with Crippen molar-refractivity contribution in [3.8, 4) is 0 Å². The lowest BCUT2D eigenvalue weighted by Crippen LogP contribution is -2.38. The SMILES string of the molecule is CCC(CC(CO)C(CO)S(=O)(=O)O)Nc1ccc(N)cc1. The van der Waals surface area contributed by atoms with Gasteiger partial charge in [0, 0.05) is 29.9 Å². The molecule has 7 nitrogen and oxygen atoms in total. The second kappa shape index (κ2) is 8.33. The molecular weight excluding hydrogens is 308 g/mol. The van der Waals surface area contributed by atoms with Crippen LogP contribution in [0.4, 0.5) is 11.4 Å². The third kappa shape index (κ3) is 5.45. The molecule has 6 N–H and O–H groups in total. The van der Waals surface area contributed by atoms with Gasteiger partial charge in [0.1, 0.15) is 5.25 Å². The van der Waals surface area contributed by atoms with Crippen LogP contribution in [0.25, 0.3) is 0 Å². The van der Waals surface area contributed by atoms with E-state index in [-0.39, 0.29) is 6.04 Å². The minimum Gasteiger partial charge on any atom is -0.399 e. The molecule has 0 saturated carbocycles. The average molecular weight is 332 g/mol. The van der Waals surface area contributed by atoms with Crippen LogP contribution in [0.2, 0.25) is 0 Å². The summed E-state index contributed by atoms with van der Waals surface area (Å²) in [5.41, 5.74) is 7.08. The molecule has 0 spiro atoms. The van der Waals surface area contributed by atoms with Crippen molar-refractivity contribution in [1.29, 1.82) is 0 Å². The normalized spacial score (nSPS) is 16.0. The zero-order valence-electron chi connectivity index (χ0n) is 12.5. The highest BCUT2D eigenvalue weighted by molar-refractivity contribution is 7.86. The maximum absolute atomic E-state index is 11.3. The van der Waals surface area contributed by atoms with Crippen LogP contribution in [0, 0.1) is 5.92 Å². The Kier molecular flexibility index (Phi) is 7.08. The quantitative estimate of drug-likeness (QED) is 0.332. The molecule has 0 amide bonds. The van der Waals surface area contributed by atoms with Gasteiger partial charge in [0.25, 0.3) is 10.1 Å². The Morgan fingerprint density at radius 3 is 2.18 bits per heavy atom. The van der Waals surface area contributed by atoms with Crippen molar-refractivity contribution in [2.45, 2.75) is 31.1 Å². The van der Waals surface area contributed by atoms with Crippen LogP contribution >= 0.6 is 0 Å². The predicted octanol–water partition coefficient (Wildman–Crippen LogP) is 0.707. The maximum atomic E-state index is 11.3. The largest absolute Gasteiger partial charge is 0.399 e. The molecule has 0 aliphatic rings. The summed E-state index contributed by atoms with van der Waals surface area (Å²) in [4.78, 5) is 0. The lowest BCUT2D eigenvalue weighted by atomic mass is 9.95. The molecule has 22 heavy (non-hydrogen) atoms. The van der Waals surface area contributed by atoms with E-state index in [9.17, 15) is 18.6 Å². The Balaban J connectivity index is 2.79. The number of hydrogen-bond donors (Lipinski definition) is 5. The van der Waals surface area contributed by atoms with Gasteiger partial charge < -0.3 is 21.3 Å². The van der Waals surface area contributed by atoms with Gasteiger partial charge in [-0.15, -0.1) is 0 Å². The van der Waals surface area contributed by atoms with E-state index in [1.54, 1.807) is 24.3 Å². The van der Waals surface area contributed by atoms with Crippen LogP contribution in [-0.4, -0.2) is 47.7 Å². The molecule has 1 aromatic rings. The summed E-state index contributed by atoms with van der Waals surface area (Å²) in [7, 11) is -4.41. The fourth-order valence-corrected chi connectivity index (χ4v) is 3.21. The van der Waals surface area contributed by atoms with Gasteiger partial charge in [0.05, 0.1) is 6.61 Å². The van der Waals surface area contributed by atoms with Crippen LogP contribution in [0.3, 0.4) is 0 Å². The molecular formula is C14H24N2O5S. The van der Waals surface area contributed by atoms with E-state index in [1.165, 1.54) is 0 Å². The number of anilines is 2. The summed E-state index contributed by atoms with van der Waals surface area (Å²) >= 11 is 0.